The van der Waals surface area contributed by atoms with Crippen LogP contribution in [0.15, 0.2) is 79.4 Å². The van der Waals surface area contributed by atoms with Crippen LogP contribution in [0.25, 0.3) is 22.3 Å². The third-order valence-electron chi connectivity index (χ3n) is 11.0. The van der Waals surface area contributed by atoms with E-state index in [1.165, 1.54) is 19.2 Å². The maximum atomic E-state index is 13.2. The summed E-state index contributed by atoms with van der Waals surface area (Å²) in [5.41, 5.74) is 12.1. The number of allylic oxidation sites excluding steroid dienone is 3. The Balaban J connectivity index is 0.815. The molecule has 1 fully saturated rings. The van der Waals surface area contributed by atoms with Crippen molar-refractivity contribution in [1.82, 2.24) is 15.5 Å². The van der Waals surface area contributed by atoms with Crippen molar-refractivity contribution in [3.05, 3.63) is 123 Å². The van der Waals surface area contributed by atoms with Crippen molar-refractivity contribution in [2.45, 2.75) is 32.2 Å². The molecule has 16 nitrogen and oxygen atoms in total. The number of nitrogens with one attached hydrogen (secondary N) is 2. The molecule has 4 aromatic carbocycles. The van der Waals surface area contributed by atoms with Crippen LogP contribution in [-0.2, 0) is 30.2 Å². The van der Waals surface area contributed by atoms with E-state index in [2.05, 4.69) is 17.2 Å². The highest BCUT2D eigenvalue weighted by Crippen LogP contribution is 2.42. The van der Waals surface area contributed by atoms with Crippen LogP contribution < -0.4 is 30.6 Å². The zero-order valence-electron chi connectivity index (χ0n) is 36.5. The largest absolute Gasteiger partial charge is 0.493 e. The van der Waals surface area contributed by atoms with Gasteiger partial charge in [-0.15, -0.1) is 0 Å². The zero-order valence-corrected chi connectivity index (χ0v) is 37.3. The van der Waals surface area contributed by atoms with E-state index >= 15 is 0 Å². The summed E-state index contributed by atoms with van der Waals surface area (Å²) in [6.45, 7) is 8.83. The van der Waals surface area contributed by atoms with Crippen molar-refractivity contribution < 1.29 is 57.2 Å². The Kier molecular flexibility index (Phi) is 15.3. The molecule has 1 unspecified atom stereocenters. The smallest absolute Gasteiger partial charge is 0.266 e. The number of rotatable bonds is 21. The molecule has 3 aliphatic rings. The van der Waals surface area contributed by atoms with Crippen molar-refractivity contribution >= 4 is 58.2 Å². The number of halogens is 1. The summed E-state index contributed by atoms with van der Waals surface area (Å²) < 4.78 is 34.6. The minimum Gasteiger partial charge on any atom is -0.493 e. The van der Waals surface area contributed by atoms with Crippen LogP contribution in [0.2, 0.25) is 5.02 Å². The first-order chi connectivity index (χ1) is 31.9. The molecular weight excluding hydrogens is 872 g/mol. The van der Waals surface area contributed by atoms with Crippen LogP contribution in [0.3, 0.4) is 0 Å². The molecule has 2 heterocycles. The normalized spacial score (nSPS) is 15.5. The van der Waals surface area contributed by atoms with Crippen LogP contribution in [0.4, 0.5) is 0 Å². The van der Waals surface area contributed by atoms with Crippen LogP contribution in [-0.4, -0.2) is 113 Å². The molecule has 66 heavy (non-hydrogen) atoms. The van der Waals surface area contributed by atoms with E-state index in [-0.39, 0.29) is 54.4 Å². The maximum Gasteiger partial charge on any atom is 0.266 e. The van der Waals surface area contributed by atoms with Gasteiger partial charge in [-0.2, -0.15) is 0 Å². The Labute approximate surface area is 385 Å². The number of carbonyl (C=O) groups is 6. The molecule has 0 saturated carbocycles. The van der Waals surface area contributed by atoms with Gasteiger partial charge in [-0.1, -0.05) is 30.3 Å². The average molecular weight is 921 g/mol. The minimum absolute atomic E-state index is 0.0348. The molecule has 7 rings (SSSR count). The molecular formula is C49H49ClN4O12. The Morgan fingerprint density at radius 3 is 2.15 bits per heavy atom. The van der Waals surface area contributed by atoms with Crippen molar-refractivity contribution in [2.75, 3.05) is 66.5 Å². The Bertz CT molecular complexity index is 2630. The van der Waals surface area contributed by atoms with Gasteiger partial charge in [0.05, 0.1) is 62.4 Å². The fraction of sp³-hybridized carbons (Fsp3) is 0.306. The van der Waals surface area contributed by atoms with E-state index in [0.717, 1.165) is 32.7 Å². The van der Waals surface area contributed by atoms with Gasteiger partial charge in [0.25, 0.3) is 17.7 Å². The average Bonchev–Trinajstić information content (AvgIpc) is 3.55. The Morgan fingerprint density at radius 2 is 1.48 bits per heavy atom. The van der Waals surface area contributed by atoms with Crippen LogP contribution in [0.5, 0.6) is 17.2 Å². The number of ether oxygens (including phenoxy) is 6. The predicted octanol–water partition coefficient (Wildman–Crippen LogP) is 5.43. The molecule has 344 valence electrons. The van der Waals surface area contributed by atoms with Crippen molar-refractivity contribution in [3.8, 4) is 28.4 Å². The molecule has 6 amide bonds. The molecule has 1 atom stereocenters. The summed E-state index contributed by atoms with van der Waals surface area (Å²) >= 11 is 6.81. The summed E-state index contributed by atoms with van der Waals surface area (Å²) in [7, 11) is 1.52. The second kappa shape index (κ2) is 21.4. The molecule has 1 aliphatic carbocycles. The standard InChI is InChI=1S/C49H49ClN4O12/c1-4-64-42-25-31-21-29(20-28(2)37(31)27-38(42)30-22-32(45(51)56)24-33(23-30)46(57)52-3)35-9-8-34(26-39(35)50)65-18-16-62-14-12-61-13-15-63-17-19-66-41-7-5-6-36-44(41)49(60)54(48(36)59)40-10-11-43(55)53-47(40)58/h5-9,20,22-27,40H,2,4,10-19,21H2,1,3H3,(H2,51,56)(H,52,57)(H,53,55,58). The van der Waals surface area contributed by atoms with Crippen LogP contribution in [0, 0.1) is 0 Å². The predicted molar refractivity (Wildman–Crippen MR) is 244 cm³/mol. The first kappa shape index (κ1) is 47.1. The minimum atomic E-state index is -1.06. The topological polar surface area (TPSA) is 211 Å². The fourth-order valence-corrected chi connectivity index (χ4v) is 8.20. The van der Waals surface area contributed by atoms with Crippen LogP contribution in [0.1, 0.15) is 77.9 Å². The van der Waals surface area contributed by atoms with E-state index in [1.807, 2.05) is 37.3 Å². The molecule has 0 spiro atoms. The maximum absolute atomic E-state index is 13.2. The number of amides is 6. The van der Waals surface area contributed by atoms with Gasteiger partial charge < -0.3 is 39.5 Å². The van der Waals surface area contributed by atoms with Gasteiger partial charge in [0.2, 0.25) is 17.7 Å². The molecule has 4 N–H and O–H groups in total. The van der Waals surface area contributed by atoms with Gasteiger partial charge in [-0.3, -0.25) is 39.0 Å². The number of hydrogen-bond donors (Lipinski definition) is 3. The highest BCUT2D eigenvalue weighted by Gasteiger charge is 2.46. The number of fused-ring (bicyclic) bond motifs is 2. The van der Waals surface area contributed by atoms with E-state index in [4.69, 9.17) is 45.8 Å². The van der Waals surface area contributed by atoms with E-state index in [0.29, 0.717) is 85.9 Å². The monoisotopic (exact) mass is 920 g/mol. The Hall–Kier alpha value is -6.85. The molecule has 17 heteroatoms. The van der Waals surface area contributed by atoms with Crippen molar-refractivity contribution in [3.63, 3.8) is 0 Å². The number of primary amides is 1. The molecule has 0 bridgehead atoms. The fourth-order valence-electron chi connectivity index (χ4n) is 7.91. The van der Waals surface area contributed by atoms with Gasteiger partial charge in [0.1, 0.15) is 36.5 Å². The number of carbonyl (C=O) groups excluding carboxylic acids is 6. The van der Waals surface area contributed by atoms with E-state index in [1.54, 1.807) is 30.3 Å². The summed E-state index contributed by atoms with van der Waals surface area (Å²) in [5.74, 6) is -1.98. The third kappa shape index (κ3) is 10.6. The highest BCUT2D eigenvalue weighted by molar-refractivity contribution is 6.32. The number of nitrogens with zero attached hydrogens (tertiary/aromatic N) is 1. The Morgan fingerprint density at radius 1 is 0.788 bits per heavy atom. The highest BCUT2D eigenvalue weighted by atomic mass is 35.5. The second-order valence-electron chi connectivity index (χ2n) is 15.4. The summed E-state index contributed by atoms with van der Waals surface area (Å²) in [5, 5.41) is 5.29. The van der Waals surface area contributed by atoms with E-state index < -0.39 is 35.6 Å². The number of benzene rings is 4. The number of piperidine rings is 1. The molecule has 1 saturated heterocycles. The lowest BCUT2D eigenvalue weighted by molar-refractivity contribution is -0.136. The summed E-state index contributed by atoms with van der Waals surface area (Å²) in [6, 6.07) is 17.9. The number of imide groups is 2. The number of hydrogen-bond acceptors (Lipinski definition) is 12. The van der Waals surface area contributed by atoms with Gasteiger partial charge in [0, 0.05) is 30.2 Å². The molecule has 2 aliphatic heterocycles. The van der Waals surface area contributed by atoms with Gasteiger partial charge >= 0.3 is 0 Å². The molecule has 0 radical (unpaired) electrons. The lowest BCUT2D eigenvalue weighted by atomic mass is 9.83. The zero-order chi connectivity index (χ0) is 46.9. The quantitative estimate of drug-likeness (QED) is 0.0706. The molecule has 4 aromatic rings. The van der Waals surface area contributed by atoms with Gasteiger partial charge in [-0.25, -0.2) is 0 Å². The summed E-state index contributed by atoms with van der Waals surface area (Å²) in [6.07, 6.45) is 2.65. The second-order valence-corrected chi connectivity index (χ2v) is 15.8. The van der Waals surface area contributed by atoms with Crippen molar-refractivity contribution in [2.24, 2.45) is 5.73 Å². The summed E-state index contributed by atoms with van der Waals surface area (Å²) in [4.78, 5) is 75.8. The SMILES string of the molecule is C=C1C=C(c2ccc(OCCOCCOCCOCCOc3cccc4c3C(=O)N(C3CCC(=O)NC3=O)C4=O)cc2Cl)Cc2cc(OCC)c(-c3cc(C(N)=O)cc(C(=O)NC)c3)cc21. The molecule has 0 aromatic heterocycles. The van der Waals surface area contributed by atoms with Gasteiger partial charge in [-0.05, 0) is 114 Å². The van der Waals surface area contributed by atoms with E-state index in [9.17, 15) is 28.8 Å². The van der Waals surface area contributed by atoms with Crippen LogP contribution >= 0.6 is 11.6 Å². The third-order valence-corrected chi connectivity index (χ3v) is 11.4. The first-order valence-corrected chi connectivity index (χ1v) is 21.8. The lowest BCUT2D eigenvalue weighted by Gasteiger charge is -2.27. The lowest BCUT2D eigenvalue weighted by Crippen LogP contribution is -2.54. The number of nitrogens with two attached hydrogens (primary N) is 1. The van der Waals surface area contributed by atoms with Gasteiger partial charge in [0.15, 0.2) is 0 Å². The van der Waals surface area contributed by atoms with Crippen molar-refractivity contribution in [1.29, 1.82) is 0 Å². The first-order valence-electron chi connectivity index (χ1n) is 21.4.